The molecule has 2 aromatic rings. The topological polar surface area (TPSA) is 68.3 Å². The fourth-order valence-electron chi connectivity index (χ4n) is 1.90. The molecule has 25 heavy (non-hydrogen) atoms. The molecule has 2 rings (SSSR count). The fourth-order valence-corrected chi connectivity index (χ4v) is 1.90. The summed E-state index contributed by atoms with van der Waals surface area (Å²) in [6.07, 6.45) is 0.00796. The summed E-state index contributed by atoms with van der Waals surface area (Å²) in [7, 11) is 0. The van der Waals surface area contributed by atoms with E-state index in [4.69, 9.17) is 0 Å². The average Bonchev–Trinajstić information content (AvgIpc) is 2.56. The molecular weight excluding hydrogens is 359 g/mol. The number of benzene rings is 2. The van der Waals surface area contributed by atoms with E-state index in [0.29, 0.717) is 11.1 Å². The van der Waals surface area contributed by atoms with Crippen molar-refractivity contribution in [3.63, 3.8) is 0 Å². The summed E-state index contributed by atoms with van der Waals surface area (Å²) < 4.78 is 0. The van der Waals surface area contributed by atoms with Gasteiger partial charge in [0, 0.05) is 28.2 Å². The molecule has 5 heteroatoms. The van der Waals surface area contributed by atoms with Gasteiger partial charge in [0.2, 0.25) is 0 Å². The average molecular weight is 379 g/mol. The summed E-state index contributed by atoms with van der Waals surface area (Å²) in [5.74, 6) is -0.404. The van der Waals surface area contributed by atoms with Crippen LogP contribution >= 0.6 is 0 Å². The fraction of sp³-hybridized carbons (Fsp3) is 0.200. The van der Waals surface area contributed by atoms with Gasteiger partial charge in [-0.1, -0.05) is 60.7 Å². The van der Waals surface area contributed by atoms with Crippen molar-refractivity contribution in [3.8, 4) is 0 Å². The Morgan fingerprint density at radius 1 is 0.600 bits per heavy atom. The Morgan fingerprint density at radius 2 is 0.880 bits per heavy atom. The number of carbonyl (C=O) groups is 4. The Kier molecular flexibility index (Phi) is 10.9. The molecule has 0 amide bonds. The first-order valence-corrected chi connectivity index (χ1v) is 7.55. The number of carbonyl (C=O) groups excluding carboxylic acids is 4. The Balaban J connectivity index is 0.000000443. The Labute approximate surface area is 158 Å². The van der Waals surface area contributed by atoms with Crippen molar-refractivity contribution in [1.82, 2.24) is 0 Å². The molecule has 0 saturated carbocycles. The van der Waals surface area contributed by atoms with Crippen LogP contribution in [0.1, 0.15) is 47.4 Å². The maximum absolute atomic E-state index is 11.2. The van der Waals surface area contributed by atoms with E-state index in [9.17, 15) is 19.2 Å². The molecule has 0 aliphatic heterocycles. The maximum atomic E-state index is 11.2. The zero-order valence-electron chi connectivity index (χ0n) is 14.2. The van der Waals surface area contributed by atoms with E-state index < -0.39 is 0 Å². The van der Waals surface area contributed by atoms with Gasteiger partial charge in [-0.25, -0.2) is 0 Å². The first-order valence-electron chi connectivity index (χ1n) is 7.55. The van der Waals surface area contributed by atoms with Gasteiger partial charge in [0.1, 0.15) is 11.6 Å². The van der Waals surface area contributed by atoms with Gasteiger partial charge >= 0.3 is 0 Å². The molecule has 0 bridgehead atoms. The zero-order valence-corrected chi connectivity index (χ0v) is 15.4. The predicted molar refractivity (Wildman–Crippen MR) is 92.1 cm³/mol. The molecule has 0 aliphatic carbocycles. The van der Waals surface area contributed by atoms with Crippen LogP contribution in [-0.2, 0) is 26.7 Å². The number of ketones is 4. The second kappa shape index (κ2) is 12.1. The molecule has 0 unspecified atom stereocenters. The number of hydrogen-bond acceptors (Lipinski definition) is 4. The summed E-state index contributed by atoms with van der Waals surface area (Å²) >= 11 is 0. The first kappa shape index (κ1) is 22.6. The van der Waals surface area contributed by atoms with Crippen LogP contribution in [0.15, 0.2) is 60.7 Å². The van der Waals surface area contributed by atoms with Gasteiger partial charge in [0.15, 0.2) is 11.6 Å². The molecule has 0 spiro atoms. The molecule has 4 nitrogen and oxygen atoms in total. The third-order valence-electron chi connectivity index (χ3n) is 3.01. The molecule has 0 aliphatic rings. The standard InChI is InChI=1S/2C10H10O2.Mn/c2*1-8(11)7-10(12)9-5-3-2-4-6-9;/h2*2-6H,7H2,1H3;. The Hall–Kier alpha value is -2.36. The van der Waals surface area contributed by atoms with E-state index in [0.717, 1.165) is 0 Å². The summed E-state index contributed by atoms with van der Waals surface area (Å²) in [4.78, 5) is 43.7. The normalized spacial score (nSPS) is 9.04. The van der Waals surface area contributed by atoms with Gasteiger partial charge < -0.3 is 0 Å². The number of Topliss-reactive ketones (excluding diaryl/α,β-unsaturated/α-hetero) is 4. The number of rotatable bonds is 6. The summed E-state index contributed by atoms with van der Waals surface area (Å²) in [6, 6.07) is 17.7. The van der Waals surface area contributed by atoms with Crippen molar-refractivity contribution in [2.24, 2.45) is 0 Å². The van der Waals surface area contributed by atoms with Crippen LogP contribution in [0.25, 0.3) is 0 Å². The van der Waals surface area contributed by atoms with Crippen LogP contribution in [-0.4, -0.2) is 23.1 Å². The van der Waals surface area contributed by atoms with Gasteiger partial charge in [-0.15, -0.1) is 0 Å². The Morgan fingerprint density at radius 3 is 1.12 bits per heavy atom. The minimum atomic E-state index is -0.108. The zero-order chi connectivity index (χ0) is 17.9. The molecule has 0 N–H and O–H groups in total. The van der Waals surface area contributed by atoms with Crippen LogP contribution in [0.5, 0.6) is 0 Å². The van der Waals surface area contributed by atoms with Gasteiger partial charge in [0.05, 0.1) is 12.8 Å². The van der Waals surface area contributed by atoms with Crippen LogP contribution in [0, 0.1) is 0 Å². The van der Waals surface area contributed by atoms with E-state index in [1.807, 2.05) is 12.1 Å². The van der Waals surface area contributed by atoms with Crippen LogP contribution in [0.2, 0.25) is 0 Å². The van der Waals surface area contributed by atoms with Gasteiger partial charge in [0.25, 0.3) is 0 Å². The largest absolute Gasteiger partial charge is 0.300 e. The van der Waals surface area contributed by atoms with Crippen molar-refractivity contribution in [2.75, 3.05) is 0 Å². The first-order chi connectivity index (χ1) is 11.4. The molecule has 1 radical (unpaired) electrons. The van der Waals surface area contributed by atoms with Crippen LogP contribution in [0.3, 0.4) is 0 Å². The van der Waals surface area contributed by atoms with Crippen molar-refractivity contribution in [3.05, 3.63) is 71.8 Å². The predicted octanol–water partition coefficient (Wildman–Crippen LogP) is 3.69. The maximum Gasteiger partial charge on any atom is 0.170 e. The Bertz CT molecular complexity index is 645. The third-order valence-corrected chi connectivity index (χ3v) is 3.01. The van der Waals surface area contributed by atoms with E-state index >= 15 is 0 Å². The minimum absolute atomic E-state index is 0. The van der Waals surface area contributed by atoms with E-state index in [1.165, 1.54) is 13.8 Å². The van der Waals surface area contributed by atoms with Gasteiger partial charge in [-0.3, -0.25) is 19.2 Å². The van der Waals surface area contributed by atoms with Gasteiger partial charge in [-0.05, 0) is 13.8 Å². The van der Waals surface area contributed by atoms with Crippen molar-refractivity contribution >= 4 is 23.1 Å². The molecule has 131 valence electrons. The minimum Gasteiger partial charge on any atom is -0.300 e. The van der Waals surface area contributed by atoms with E-state index in [2.05, 4.69) is 0 Å². The summed E-state index contributed by atoms with van der Waals surface area (Å²) in [5, 5.41) is 0. The second-order valence-electron chi connectivity index (χ2n) is 5.34. The molecule has 0 aromatic heterocycles. The summed E-state index contributed by atoms with van der Waals surface area (Å²) in [6.45, 7) is 2.84. The SMILES string of the molecule is CC(=O)CC(=O)c1ccccc1.CC(=O)CC(=O)c1ccccc1.[Mn]. The number of hydrogen-bond donors (Lipinski definition) is 0. The monoisotopic (exact) mass is 379 g/mol. The van der Waals surface area contributed by atoms with E-state index in [-0.39, 0.29) is 53.0 Å². The van der Waals surface area contributed by atoms with Crippen molar-refractivity contribution in [1.29, 1.82) is 0 Å². The van der Waals surface area contributed by atoms with Crippen molar-refractivity contribution in [2.45, 2.75) is 26.7 Å². The van der Waals surface area contributed by atoms with Crippen LogP contribution in [0.4, 0.5) is 0 Å². The molecule has 2 aromatic carbocycles. The van der Waals surface area contributed by atoms with E-state index in [1.54, 1.807) is 48.5 Å². The molecule has 0 heterocycles. The third kappa shape index (κ3) is 9.50. The van der Waals surface area contributed by atoms with Crippen LogP contribution < -0.4 is 0 Å². The smallest absolute Gasteiger partial charge is 0.170 e. The molecule has 0 saturated heterocycles. The molecule has 0 atom stereocenters. The second-order valence-corrected chi connectivity index (χ2v) is 5.34. The summed E-state index contributed by atoms with van der Waals surface area (Å²) in [5.41, 5.74) is 1.21. The molecular formula is C20H20MnO4. The quantitative estimate of drug-likeness (QED) is 0.436. The van der Waals surface area contributed by atoms with Crippen molar-refractivity contribution < 1.29 is 36.2 Å². The molecule has 0 fully saturated rings. The van der Waals surface area contributed by atoms with Gasteiger partial charge in [-0.2, -0.15) is 0 Å².